The third-order valence-corrected chi connectivity index (χ3v) is 4.79. The maximum atomic E-state index is 14.2. The standard InChI is InChI=1S/C22H20FN3O3/c1-13-3-5-14(6-4-13)22(27)24-12-17-10-15-9-16(23)11-18(21(15)29-17)19-7-8-20(28-2)26-25-19/h3-9,11,17H,10,12H2,1-2H3,(H,24,27)/t17-/m1/s1. The molecule has 0 radical (unpaired) electrons. The van der Waals surface area contributed by atoms with Crippen LogP contribution in [0.1, 0.15) is 21.5 Å². The first-order valence-electron chi connectivity index (χ1n) is 9.25. The van der Waals surface area contributed by atoms with Crippen LogP contribution < -0.4 is 14.8 Å². The molecule has 2 heterocycles. The third kappa shape index (κ3) is 4.03. The number of carbonyl (C=O) groups is 1. The van der Waals surface area contributed by atoms with Gasteiger partial charge in [0.2, 0.25) is 5.88 Å². The summed E-state index contributed by atoms with van der Waals surface area (Å²) < 4.78 is 25.2. The summed E-state index contributed by atoms with van der Waals surface area (Å²) in [6.07, 6.45) is 0.212. The van der Waals surface area contributed by atoms with Gasteiger partial charge in [0.15, 0.2) is 0 Å². The molecule has 148 valence electrons. The Bertz CT molecular complexity index is 1040. The van der Waals surface area contributed by atoms with Crippen LogP contribution in [0.2, 0.25) is 0 Å². The van der Waals surface area contributed by atoms with Crippen molar-refractivity contribution in [2.24, 2.45) is 0 Å². The summed E-state index contributed by atoms with van der Waals surface area (Å²) in [5.41, 5.74) is 3.44. The van der Waals surface area contributed by atoms with E-state index in [1.54, 1.807) is 24.3 Å². The first kappa shape index (κ1) is 18.9. The summed E-state index contributed by atoms with van der Waals surface area (Å²) in [6, 6.07) is 13.5. The summed E-state index contributed by atoms with van der Waals surface area (Å²) in [7, 11) is 1.50. The lowest BCUT2D eigenvalue weighted by atomic mass is 10.0. The number of methoxy groups -OCH3 is 1. The van der Waals surface area contributed by atoms with Crippen LogP contribution in [0.3, 0.4) is 0 Å². The van der Waals surface area contributed by atoms with Crippen molar-refractivity contribution in [3.05, 3.63) is 71.0 Å². The summed E-state index contributed by atoms with van der Waals surface area (Å²) in [5.74, 6) is 0.404. The number of hydrogen-bond donors (Lipinski definition) is 1. The Labute approximate surface area is 167 Å². The zero-order chi connectivity index (χ0) is 20.4. The topological polar surface area (TPSA) is 73.3 Å². The van der Waals surface area contributed by atoms with E-state index in [1.807, 2.05) is 19.1 Å². The van der Waals surface area contributed by atoms with Crippen LogP contribution >= 0.6 is 0 Å². The summed E-state index contributed by atoms with van der Waals surface area (Å²) in [5, 5.41) is 10.9. The fourth-order valence-corrected chi connectivity index (χ4v) is 3.28. The molecule has 1 atom stereocenters. The van der Waals surface area contributed by atoms with Gasteiger partial charge in [0.25, 0.3) is 5.91 Å². The lowest BCUT2D eigenvalue weighted by Gasteiger charge is -2.13. The van der Waals surface area contributed by atoms with Crippen molar-refractivity contribution in [1.82, 2.24) is 15.5 Å². The number of aromatic nitrogens is 2. The van der Waals surface area contributed by atoms with E-state index in [0.717, 1.165) is 11.1 Å². The van der Waals surface area contributed by atoms with Crippen LogP contribution in [0.25, 0.3) is 11.3 Å². The van der Waals surface area contributed by atoms with Crippen molar-refractivity contribution >= 4 is 5.91 Å². The van der Waals surface area contributed by atoms with Crippen molar-refractivity contribution in [3.63, 3.8) is 0 Å². The molecule has 0 saturated carbocycles. The Morgan fingerprint density at radius 2 is 2.00 bits per heavy atom. The van der Waals surface area contributed by atoms with Gasteiger partial charge in [0, 0.05) is 29.2 Å². The maximum Gasteiger partial charge on any atom is 0.251 e. The average Bonchev–Trinajstić information content (AvgIpc) is 3.14. The van der Waals surface area contributed by atoms with Crippen molar-refractivity contribution in [2.75, 3.05) is 13.7 Å². The highest BCUT2D eigenvalue weighted by molar-refractivity contribution is 5.94. The van der Waals surface area contributed by atoms with Gasteiger partial charge in [0.05, 0.1) is 19.3 Å². The molecule has 0 unspecified atom stereocenters. The second-order valence-corrected chi connectivity index (χ2v) is 6.92. The predicted molar refractivity (Wildman–Crippen MR) is 106 cm³/mol. The average molecular weight is 393 g/mol. The van der Waals surface area contributed by atoms with Crippen molar-refractivity contribution < 1.29 is 18.7 Å². The minimum Gasteiger partial charge on any atom is -0.487 e. The first-order chi connectivity index (χ1) is 14.0. The normalized spacial score (nSPS) is 14.8. The number of nitrogens with one attached hydrogen (secondary N) is 1. The molecular weight excluding hydrogens is 373 g/mol. The monoisotopic (exact) mass is 393 g/mol. The molecule has 0 spiro atoms. The SMILES string of the molecule is COc1ccc(-c2cc(F)cc3c2O[C@@H](CNC(=O)c2ccc(C)cc2)C3)nn1. The van der Waals surface area contributed by atoms with Crippen molar-refractivity contribution in [2.45, 2.75) is 19.4 Å². The van der Waals surface area contributed by atoms with E-state index in [4.69, 9.17) is 9.47 Å². The third-order valence-electron chi connectivity index (χ3n) is 4.79. The molecule has 29 heavy (non-hydrogen) atoms. The maximum absolute atomic E-state index is 14.2. The fourth-order valence-electron chi connectivity index (χ4n) is 3.28. The van der Waals surface area contributed by atoms with Gasteiger partial charge >= 0.3 is 0 Å². The molecule has 0 saturated heterocycles. The van der Waals surface area contributed by atoms with Gasteiger partial charge in [-0.2, -0.15) is 0 Å². The number of nitrogens with zero attached hydrogens (tertiary/aromatic N) is 2. The highest BCUT2D eigenvalue weighted by atomic mass is 19.1. The molecule has 0 bridgehead atoms. The molecule has 3 aromatic rings. The van der Waals surface area contributed by atoms with E-state index in [-0.39, 0.29) is 17.8 Å². The van der Waals surface area contributed by atoms with Crippen molar-refractivity contribution in [1.29, 1.82) is 0 Å². The molecule has 1 aliphatic rings. The molecule has 0 fully saturated rings. The Morgan fingerprint density at radius 1 is 1.21 bits per heavy atom. The highest BCUT2D eigenvalue weighted by Gasteiger charge is 2.28. The van der Waals surface area contributed by atoms with E-state index in [1.165, 1.54) is 19.2 Å². The predicted octanol–water partition coefficient (Wildman–Crippen LogP) is 3.33. The number of benzene rings is 2. The van der Waals surface area contributed by atoms with E-state index in [2.05, 4.69) is 15.5 Å². The van der Waals surface area contributed by atoms with Gasteiger partial charge in [-0.1, -0.05) is 17.7 Å². The van der Waals surface area contributed by atoms with Crippen LogP contribution in [-0.2, 0) is 6.42 Å². The zero-order valence-electron chi connectivity index (χ0n) is 16.1. The molecule has 1 amide bonds. The molecule has 4 rings (SSSR count). The van der Waals surface area contributed by atoms with E-state index >= 15 is 0 Å². The van der Waals surface area contributed by atoms with Gasteiger partial charge < -0.3 is 14.8 Å². The molecule has 1 aliphatic heterocycles. The Hall–Kier alpha value is -3.48. The lowest BCUT2D eigenvalue weighted by Crippen LogP contribution is -2.34. The largest absolute Gasteiger partial charge is 0.487 e. The number of aryl methyl sites for hydroxylation is 1. The molecule has 0 aliphatic carbocycles. The molecule has 1 N–H and O–H groups in total. The van der Waals surface area contributed by atoms with E-state index < -0.39 is 0 Å². The van der Waals surface area contributed by atoms with Crippen LogP contribution in [0.15, 0.2) is 48.5 Å². The fraction of sp³-hybridized carbons (Fsp3) is 0.227. The number of ether oxygens (including phenoxy) is 2. The summed E-state index contributed by atoms with van der Waals surface area (Å²) >= 11 is 0. The molecule has 1 aromatic heterocycles. The van der Waals surface area contributed by atoms with Gasteiger partial charge in [-0.15, -0.1) is 10.2 Å². The summed E-state index contributed by atoms with van der Waals surface area (Å²) in [4.78, 5) is 12.3. The minimum absolute atomic E-state index is 0.169. The van der Waals surface area contributed by atoms with Gasteiger partial charge in [0.1, 0.15) is 17.7 Å². The zero-order valence-corrected chi connectivity index (χ0v) is 16.1. The number of carbonyl (C=O) groups excluding carboxylic acids is 1. The first-order valence-corrected chi connectivity index (χ1v) is 9.25. The van der Waals surface area contributed by atoms with Gasteiger partial charge in [-0.05, 0) is 37.3 Å². The van der Waals surface area contributed by atoms with Crippen LogP contribution in [-0.4, -0.2) is 35.9 Å². The number of fused-ring (bicyclic) bond motifs is 1. The second kappa shape index (κ2) is 7.87. The number of rotatable bonds is 5. The van der Waals surface area contributed by atoms with Crippen molar-refractivity contribution in [3.8, 4) is 22.9 Å². The van der Waals surface area contributed by atoms with Gasteiger partial charge in [-0.25, -0.2) is 4.39 Å². The number of hydrogen-bond acceptors (Lipinski definition) is 5. The highest BCUT2D eigenvalue weighted by Crippen LogP contribution is 2.39. The van der Waals surface area contributed by atoms with E-state index in [0.29, 0.717) is 41.4 Å². The Kier molecular flexibility index (Phi) is 5.12. The molecule has 2 aromatic carbocycles. The molecule has 7 heteroatoms. The Balaban J connectivity index is 1.48. The van der Waals surface area contributed by atoms with Crippen LogP contribution in [0.5, 0.6) is 11.6 Å². The lowest BCUT2D eigenvalue weighted by molar-refractivity contribution is 0.0933. The Morgan fingerprint density at radius 3 is 2.69 bits per heavy atom. The van der Waals surface area contributed by atoms with E-state index in [9.17, 15) is 9.18 Å². The van der Waals surface area contributed by atoms with Crippen LogP contribution in [0.4, 0.5) is 4.39 Å². The smallest absolute Gasteiger partial charge is 0.251 e. The second-order valence-electron chi connectivity index (χ2n) is 6.92. The minimum atomic E-state index is -0.371. The van der Waals surface area contributed by atoms with Gasteiger partial charge in [-0.3, -0.25) is 4.79 Å². The summed E-state index contributed by atoms with van der Waals surface area (Å²) in [6.45, 7) is 2.28. The number of amides is 1. The quantitative estimate of drug-likeness (QED) is 0.720. The number of halogens is 1. The van der Waals surface area contributed by atoms with Crippen LogP contribution in [0, 0.1) is 12.7 Å². The molecular formula is C22H20FN3O3. The molecule has 6 nitrogen and oxygen atoms in total.